The van der Waals surface area contributed by atoms with Crippen molar-refractivity contribution in [2.75, 3.05) is 26.2 Å². The third-order valence-electron chi connectivity index (χ3n) is 1.89. The van der Waals surface area contributed by atoms with Crippen LogP contribution < -0.4 is 10.6 Å². The highest BCUT2D eigenvalue weighted by Gasteiger charge is 1.91. The first-order valence-corrected chi connectivity index (χ1v) is 6.03. The zero-order valence-electron chi connectivity index (χ0n) is 11.0. The molecule has 0 unspecified atom stereocenters. The Bertz CT molecular complexity index is 338. The largest absolute Gasteiger partial charge is 0.478 e. The van der Waals surface area contributed by atoms with Gasteiger partial charge in [0.15, 0.2) is 0 Å². The summed E-state index contributed by atoms with van der Waals surface area (Å²) in [5.74, 6) is -2.51. The van der Waals surface area contributed by atoms with E-state index in [1.807, 2.05) is 18.2 Å². The molecule has 20 heavy (non-hydrogen) atoms. The lowest BCUT2D eigenvalue weighted by molar-refractivity contribution is -0.134. The van der Waals surface area contributed by atoms with Crippen molar-refractivity contribution in [3.8, 4) is 0 Å². The standard InChI is InChI=1S/C5H5N.C4H10N2.C4H4O4/c1-2-4-6-5-3-1;1-2-6-4-3-5-1;5-3(6)1-2-4(7)8/h1-5H;5-6H,1-4H2;1-2H,(H,5,6)(H,7,8)/b;;2-1+. The van der Waals surface area contributed by atoms with Gasteiger partial charge in [-0.3, -0.25) is 4.98 Å². The molecule has 1 aliphatic heterocycles. The fourth-order valence-corrected chi connectivity index (χ4v) is 1.06. The van der Waals surface area contributed by atoms with Crippen LogP contribution in [0.25, 0.3) is 0 Å². The van der Waals surface area contributed by atoms with E-state index in [9.17, 15) is 9.59 Å². The van der Waals surface area contributed by atoms with Crippen molar-refractivity contribution in [3.05, 3.63) is 42.7 Å². The summed E-state index contributed by atoms with van der Waals surface area (Å²) in [7, 11) is 0. The Morgan fingerprint density at radius 1 is 0.850 bits per heavy atom. The quantitative estimate of drug-likeness (QED) is 0.563. The first kappa shape index (κ1) is 17.8. The number of aliphatic carboxylic acids is 2. The molecule has 1 aromatic rings. The van der Waals surface area contributed by atoms with Crippen LogP contribution >= 0.6 is 0 Å². The van der Waals surface area contributed by atoms with E-state index in [0.29, 0.717) is 12.2 Å². The zero-order chi connectivity index (χ0) is 15.1. The highest BCUT2D eigenvalue weighted by Crippen LogP contribution is 1.73. The minimum atomic E-state index is -1.26. The predicted octanol–water partition coefficient (Wildman–Crippen LogP) is -0.0274. The second-order valence-corrected chi connectivity index (χ2v) is 3.53. The number of pyridine rings is 1. The van der Waals surface area contributed by atoms with Gasteiger partial charge in [0.25, 0.3) is 0 Å². The molecule has 1 fully saturated rings. The van der Waals surface area contributed by atoms with E-state index in [4.69, 9.17) is 10.2 Å². The van der Waals surface area contributed by atoms with Crippen LogP contribution in [0.5, 0.6) is 0 Å². The fourth-order valence-electron chi connectivity index (χ4n) is 1.06. The summed E-state index contributed by atoms with van der Waals surface area (Å²) in [6, 6.07) is 5.72. The van der Waals surface area contributed by atoms with Gasteiger partial charge in [-0.2, -0.15) is 0 Å². The summed E-state index contributed by atoms with van der Waals surface area (Å²) >= 11 is 0. The van der Waals surface area contributed by atoms with Crippen LogP contribution in [0.3, 0.4) is 0 Å². The summed E-state index contributed by atoms with van der Waals surface area (Å²) in [5, 5.41) is 22.1. The highest BCUT2D eigenvalue weighted by molar-refractivity contribution is 5.89. The molecule has 0 aromatic carbocycles. The number of nitrogens with zero attached hydrogens (tertiary/aromatic N) is 1. The van der Waals surface area contributed by atoms with Gasteiger partial charge < -0.3 is 20.8 Å². The van der Waals surface area contributed by atoms with Crippen molar-refractivity contribution in [2.45, 2.75) is 0 Å². The Morgan fingerprint density at radius 2 is 1.25 bits per heavy atom. The molecule has 0 saturated carbocycles. The Morgan fingerprint density at radius 3 is 1.40 bits per heavy atom. The van der Waals surface area contributed by atoms with Gasteiger partial charge >= 0.3 is 11.9 Å². The molecule has 0 bridgehead atoms. The smallest absolute Gasteiger partial charge is 0.328 e. The molecular formula is C13H19N3O4. The van der Waals surface area contributed by atoms with Crippen molar-refractivity contribution >= 4 is 11.9 Å². The lowest BCUT2D eigenvalue weighted by atomic mass is 10.4. The second kappa shape index (κ2) is 13.2. The first-order valence-electron chi connectivity index (χ1n) is 6.03. The fraction of sp³-hybridized carbons (Fsp3) is 0.308. The Hall–Kier alpha value is -2.25. The Balaban J connectivity index is 0.000000274. The number of nitrogens with one attached hydrogen (secondary N) is 2. The number of carbonyl (C=O) groups is 2. The van der Waals surface area contributed by atoms with E-state index < -0.39 is 11.9 Å². The highest BCUT2D eigenvalue weighted by atomic mass is 16.4. The number of hydrogen-bond acceptors (Lipinski definition) is 5. The van der Waals surface area contributed by atoms with Gasteiger partial charge in [0.2, 0.25) is 0 Å². The molecule has 1 saturated heterocycles. The number of piperazine rings is 1. The van der Waals surface area contributed by atoms with Gasteiger partial charge in [0, 0.05) is 50.7 Å². The normalized spacial score (nSPS) is 13.4. The number of carboxylic acid groups (broad SMARTS) is 2. The van der Waals surface area contributed by atoms with Gasteiger partial charge in [-0.25, -0.2) is 9.59 Å². The summed E-state index contributed by atoms with van der Waals surface area (Å²) in [4.78, 5) is 22.9. The average Bonchev–Trinajstić information content (AvgIpc) is 2.50. The maximum Gasteiger partial charge on any atom is 0.328 e. The monoisotopic (exact) mass is 281 g/mol. The molecule has 0 radical (unpaired) electrons. The van der Waals surface area contributed by atoms with Crippen LogP contribution in [0.4, 0.5) is 0 Å². The average molecular weight is 281 g/mol. The van der Waals surface area contributed by atoms with Crippen molar-refractivity contribution in [1.82, 2.24) is 15.6 Å². The molecule has 2 heterocycles. The minimum absolute atomic E-state index is 0.558. The molecule has 4 N–H and O–H groups in total. The van der Waals surface area contributed by atoms with Crippen LogP contribution in [0.2, 0.25) is 0 Å². The van der Waals surface area contributed by atoms with Crippen molar-refractivity contribution in [2.24, 2.45) is 0 Å². The Labute approximate surface area is 117 Å². The molecule has 0 amide bonds. The predicted molar refractivity (Wildman–Crippen MR) is 74.4 cm³/mol. The maximum atomic E-state index is 9.55. The van der Waals surface area contributed by atoms with Crippen LogP contribution in [-0.4, -0.2) is 53.3 Å². The third kappa shape index (κ3) is 15.8. The van der Waals surface area contributed by atoms with Crippen molar-refractivity contribution in [1.29, 1.82) is 0 Å². The molecule has 0 aliphatic carbocycles. The SMILES string of the molecule is C1CNCCN1.O=C(O)/C=C/C(=O)O.c1ccncc1. The molecule has 7 heteroatoms. The van der Waals surface area contributed by atoms with E-state index in [-0.39, 0.29) is 0 Å². The van der Waals surface area contributed by atoms with Gasteiger partial charge in [0.1, 0.15) is 0 Å². The second-order valence-electron chi connectivity index (χ2n) is 3.53. The number of hydrogen-bond donors (Lipinski definition) is 4. The molecule has 2 rings (SSSR count). The number of carboxylic acids is 2. The molecular weight excluding hydrogens is 262 g/mol. The first-order chi connectivity index (χ1) is 9.63. The molecule has 110 valence electrons. The van der Waals surface area contributed by atoms with E-state index in [1.54, 1.807) is 12.4 Å². The molecule has 0 spiro atoms. The maximum absolute atomic E-state index is 9.55. The summed E-state index contributed by atoms with van der Waals surface area (Å²) < 4.78 is 0. The molecule has 0 atom stereocenters. The number of rotatable bonds is 2. The van der Waals surface area contributed by atoms with Gasteiger partial charge in [-0.1, -0.05) is 6.07 Å². The lowest BCUT2D eigenvalue weighted by Gasteiger charge is -2.11. The van der Waals surface area contributed by atoms with Crippen LogP contribution in [0, 0.1) is 0 Å². The van der Waals surface area contributed by atoms with Gasteiger partial charge in [-0.15, -0.1) is 0 Å². The van der Waals surface area contributed by atoms with Gasteiger partial charge in [0.05, 0.1) is 0 Å². The van der Waals surface area contributed by atoms with E-state index in [2.05, 4.69) is 15.6 Å². The molecule has 7 nitrogen and oxygen atoms in total. The lowest BCUT2D eigenvalue weighted by Crippen LogP contribution is -2.39. The van der Waals surface area contributed by atoms with Crippen LogP contribution in [0.15, 0.2) is 42.7 Å². The third-order valence-corrected chi connectivity index (χ3v) is 1.89. The molecule has 1 aliphatic rings. The van der Waals surface area contributed by atoms with Gasteiger partial charge in [-0.05, 0) is 12.1 Å². The summed E-state index contributed by atoms with van der Waals surface area (Å²) in [6.45, 7) is 4.56. The minimum Gasteiger partial charge on any atom is -0.478 e. The zero-order valence-corrected chi connectivity index (χ0v) is 11.0. The van der Waals surface area contributed by atoms with E-state index >= 15 is 0 Å². The van der Waals surface area contributed by atoms with Crippen LogP contribution in [-0.2, 0) is 9.59 Å². The summed E-state index contributed by atoms with van der Waals surface area (Å²) in [6.07, 6.45) is 4.62. The number of aromatic nitrogens is 1. The van der Waals surface area contributed by atoms with Crippen molar-refractivity contribution < 1.29 is 19.8 Å². The van der Waals surface area contributed by atoms with Crippen molar-refractivity contribution in [3.63, 3.8) is 0 Å². The molecule has 1 aromatic heterocycles. The van der Waals surface area contributed by atoms with Crippen LogP contribution in [0.1, 0.15) is 0 Å². The Kier molecular flexibility index (Phi) is 11.7. The topological polar surface area (TPSA) is 112 Å². The van der Waals surface area contributed by atoms with E-state index in [1.165, 1.54) is 0 Å². The summed E-state index contributed by atoms with van der Waals surface area (Å²) in [5.41, 5.74) is 0. The van der Waals surface area contributed by atoms with E-state index in [0.717, 1.165) is 26.2 Å².